The summed E-state index contributed by atoms with van der Waals surface area (Å²) < 4.78 is 5.30. The fourth-order valence-electron chi connectivity index (χ4n) is 1.66. The van der Waals surface area contributed by atoms with Gasteiger partial charge in [-0.3, -0.25) is 0 Å². The van der Waals surface area contributed by atoms with E-state index < -0.39 is 0 Å². The Bertz CT molecular complexity index is 312. The fourth-order valence-corrected chi connectivity index (χ4v) is 1.66. The zero-order valence-corrected chi connectivity index (χ0v) is 8.65. The van der Waals surface area contributed by atoms with E-state index in [4.69, 9.17) is 10.5 Å². The lowest BCUT2D eigenvalue weighted by Gasteiger charge is -2.08. The van der Waals surface area contributed by atoms with E-state index in [0.717, 1.165) is 26.2 Å². The Morgan fingerprint density at radius 1 is 1.60 bits per heavy atom. The molecule has 1 aliphatic heterocycles. The average molecular weight is 208 g/mol. The van der Waals surface area contributed by atoms with E-state index in [1.807, 2.05) is 0 Å². The van der Waals surface area contributed by atoms with Gasteiger partial charge in [0, 0.05) is 26.0 Å². The minimum absolute atomic E-state index is 0.497. The van der Waals surface area contributed by atoms with Crippen LogP contribution in [-0.4, -0.2) is 29.7 Å². The maximum Gasteiger partial charge on any atom is 0.224 e. The van der Waals surface area contributed by atoms with Crippen molar-refractivity contribution in [2.45, 2.75) is 12.8 Å². The standard InChI is InChI=1S/C10H16N4O/c11-9-2-5-13-10(14-9)12-4-1-8-3-6-15-7-8/h2,5,8H,1,3-4,6-7H2,(H3,11,12,13,14). The quantitative estimate of drug-likeness (QED) is 0.769. The van der Waals surface area contributed by atoms with Gasteiger partial charge in [0.05, 0.1) is 0 Å². The lowest BCUT2D eigenvalue weighted by Crippen LogP contribution is -2.11. The van der Waals surface area contributed by atoms with Crippen molar-refractivity contribution >= 4 is 11.8 Å². The summed E-state index contributed by atoms with van der Waals surface area (Å²) in [7, 11) is 0. The molecule has 5 nitrogen and oxygen atoms in total. The van der Waals surface area contributed by atoms with Gasteiger partial charge >= 0.3 is 0 Å². The molecule has 82 valence electrons. The Labute approximate surface area is 89.1 Å². The Hall–Kier alpha value is -1.36. The first-order chi connectivity index (χ1) is 7.34. The van der Waals surface area contributed by atoms with Crippen molar-refractivity contribution in [3.05, 3.63) is 12.3 Å². The normalized spacial score (nSPS) is 20.4. The van der Waals surface area contributed by atoms with Gasteiger partial charge in [-0.1, -0.05) is 0 Å². The topological polar surface area (TPSA) is 73.1 Å². The van der Waals surface area contributed by atoms with E-state index in [9.17, 15) is 0 Å². The van der Waals surface area contributed by atoms with Crippen LogP contribution in [0.15, 0.2) is 12.3 Å². The molecule has 1 saturated heterocycles. The van der Waals surface area contributed by atoms with Crippen LogP contribution >= 0.6 is 0 Å². The minimum Gasteiger partial charge on any atom is -0.384 e. The molecule has 1 atom stereocenters. The first-order valence-electron chi connectivity index (χ1n) is 5.25. The van der Waals surface area contributed by atoms with Gasteiger partial charge in [-0.15, -0.1) is 0 Å². The number of nitrogen functional groups attached to an aromatic ring is 1. The molecule has 2 heterocycles. The van der Waals surface area contributed by atoms with Gasteiger partial charge in [0.1, 0.15) is 5.82 Å². The van der Waals surface area contributed by atoms with Crippen LogP contribution in [0.4, 0.5) is 11.8 Å². The number of ether oxygens (including phenoxy) is 1. The predicted molar refractivity (Wildman–Crippen MR) is 58.5 cm³/mol. The molecule has 1 aliphatic rings. The third kappa shape index (κ3) is 3.06. The largest absolute Gasteiger partial charge is 0.384 e. The molecule has 0 saturated carbocycles. The van der Waals surface area contributed by atoms with Gasteiger partial charge in [-0.05, 0) is 24.8 Å². The molecule has 15 heavy (non-hydrogen) atoms. The van der Waals surface area contributed by atoms with Gasteiger partial charge in [0.25, 0.3) is 0 Å². The number of nitrogens with one attached hydrogen (secondary N) is 1. The van der Waals surface area contributed by atoms with E-state index in [1.54, 1.807) is 12.3 Å². The molecule has 2 rings (SSSR count). The molecule has 0 bridgehead atoms. The molecule has 5 heteroatoms. The Morgan fingerprint density at radius 2 is 2.53 bits per heavy atom. The monoisotopic (exact) mass is 208 g/mol. The molecule has 0 amide bonds. The van der Waals surface area contributed by atoms with E-state index >= 15 is 0 Å². The first-order valence-corrected chi connectivity index (χ1v) is 5.25. The van der Waals surface area contributed by atoms with E-state index in [0.29, 0.717) is 17.7 Å². The highest BCUT2D eigenvalue weighted by Gasteiger charge is 2.14. The smallest absolute Gasteiger partial charge is 0.224 e. The van der Waals surface area contributed by atoms with Crippen LogP contribution in [0, 0.1) is 5.92 Å². The third-order valence-corrected chi connectivity index (χ3v) is 2.54. The van der Waals surface area contributed by atoms with E-state index in [2.05, 4.69) is 15.3 Å². The predicted octanol–water partition coefficient (Wildman–Crippen LogP) is 0.897. The Morgan fingerprint density at radius 3 is 3.27 bits per heavy atom. The van der Waals surface area contributed by atoms with Crippen LogP contribution in [0.3, 0.4) is 0 Å². The summed E-state index contributed by atoms with van der Waals surface area (Å²) in [6.07, 6.45) is 3.92. The Balaban J connectivity index is 1.73. The summed E-state index contributed by atoms with van der Waals surface area (Å²) in [6.45, 7) is 2.66. The number of nitrogens with two attached hydrogens (primary N) is 1. The number of hydrogen-bond donors (Lipinski definition) is 2. The molecular formula is C10H16N4O. The number of nitrogens with zero attached hydrogens (tertiary/aromatic N) is 2. The summed E-state index contributed by atoms with van der Waals surface area (Å²) >= 11 is 0. The second kappa shape index (κ2) is 4.93. The van der Waals surface area contributed by atoms with Crippen molar-refractivity contribution in [3.8, 4) is 0 Å². The average Bonchev–Trinajstić information content (AvgIpc) is 2.71. The third-order valence-electron chi connectivity index (χ3n) is 2.54. The molecule has 1 aromatic rings. The van der Waals surface area contributed by atoms with Crippen molar-refractivity contribution in [1.29, 1.82) is 0 Å². The number of anilines is 2. The molecule has 1 unspecified atom stereocenters. The molecule has 1 aromatic heterocycles. The fraction of sp³-hybridized carbons (Fsp3) is 0.600. The molecule has 0 radical (unpaired) electrons. The van der Waals surface area contributed by atoms with Gasteiger partial charge < -0.3 is 15.8 Å². The summed E-state index contributed by atoms with van der Waals surface area (Å²) in [4.78, 5) is 8.13. The van der Waals surface area contributed by atoms with Crippen LogP contribution in [0.2, 0.25) is 0 Å². The zero-order valence-electron chi connectivity index (χ0n) is 8.65. The second-order valence-corrected chi connectivity index (χ2v) is 3.75. The van der Waals surface area contributed by atoms with Crippen LogP contribution in [0.5, 0.6) is 0 Å². The van der Waals surface area contributed by atoms with Crippen molar-refractivity contribution < 1.29 is 4.74 Å². The molecule has 0 aliphatic carbocycles. The molecule has 0 aromatic carbocycles. The first kappa shape index (κ1) is 10.2. The summed E-state index contributed by atoms with van der Waals surface area (Å²) in [5.41, 5.74) is 5.54. The van der Waals surface area contributed by atoms with Gasteiger partial charge in [-0.25, -0.2) is 4.98 Å². The van der Waals surface area contributed by atoms with E-state index in [-0.39, 0.29) is 0 Å². The highest BCUT2D eigenvalue weighted by Crippen LogP contribution is 2.15. The van der Waals surface area contributed by atoms with Crippen molar-refractivity contribution in [2.75, 3.05) is 30.8 Å². The minimum atomic E-state index is 0.497. The summed E-state index contributed by atoms with van der Waals surface area (Å²) in [6, 6.07) is 1.68. The number of rotatable bonds is 4. The lowest BCUT2D eigenvalue weighted by molar-refractivity contribution is 0.185. The molecule has 3 N–H and O–H groups in total. The maximum absolute atomic E-state index is 5.54. The summed E-state index contributed by atoms with van der Waals surface area (Å²) in [5.74, 6) is 1.78. The van der Waals surface area contributed by atoms with E-state index in [1.165, 1.54) is 6.42 Å². The number of aromatic nitrogens is 2. The highest BCUT2D eigenvalue weighted by molar-refractivity contribution is 5.34. The van der Waals surface area contributed by atoms with Gasteiger partial charge in [0.2, 0.25) is 5.95 Å². The highest BCUT2D eigenvalue weighted by atomic mass is 16.5. The lowest BCUT2D eigenvalue weighted by atomic mass is 10.1. The molecule has 0 spiro atoms. The molecular weight excluding hydrogens is 192 g/mol. The van der Waals surface area contributed by atoms with Crippen LogP contribution in [0.25, 0.3) is 0 Å². The van der Waals surface area contributed by atoms with Gasteiger partial charge in [0.15, 0.2) is 0 Å². The summed E-state index contributed by atoms with van der Waals surface area (Å²) in [5, 5.41) is 3.15. The Kier molecular flexibility index (Phi) is 3.34. The van der Waals surface area contributed by atoms with Crippen molar-refractivity contribution in [3.63, 3.8) is 0 Å². The van der Waals surface area contributed by atoms with Crippen molar-refractivity contribution in [2.24, 2.45) is 5.92 Å². The second-order valence-electron chi connectivity index (χ2n) is 3.75. The van der Waals surface area contributed by atoms with Crippen LogP contribution in [-0.2, 0) is 4.74 Å². The van der Waals surface area contributed by atoms with Crippen molar-refractivity contribution in [1.82, 2.24) is 9.97 Å². The van der Waals surface area contributed by atoms with Gasteiger partial charge in [-0.2, -0.15) is 4.98 Å². The van der Waals surface area contributed by atoms with Crippen LogP contribution in [0.1, 0.15) is 12.8 Å². The SMILES string of the molecule is Nc1ccnc(NCCC2CCOC2)n1. The molecule has 1 fully saturated rings. The maximum atomic E-state index is 5.54. The zero-order chi connectivity index (χ0) is 10.5. The number of hydrogen-bond acceptors (Lipinski definition) is 5. The van der Waals surface area contributed by atoms with Crippen LogP contribution < -0.4 is 11.1 Å².